The average molecular weight is 559 g/mol. The number of likely N-dealkylation sites (N-methyl/N-ethyl adjacent to an activating group) is 2. The third-order valence-corrected chi connectivity index (χ3v) is 9.44. The molecule has 2 saturated carbocycles. The van der Waals surface area contributed by atoms with E-state index in [0.29, 0.717) is 6.04 Å². The van der Waals surface area contributed by atoms with Gasteiger partial charge >= 0.3 is 0 Å². The first-order valence-electron chi connectivity index (χ1n) is 13.5. The Morgan fingerprint density at radius 3 is 2.40 bits per heavy atom. The maximum Gasteiger partial charge on any atom is 0.235 e. The molecule has 12 heteroatoms. The molecule has 11 nitrogen and oxygen atoms in total. The molecule has 0 radical (unpaired) electrons. The van der Waals surface area contributed by atoms with Crippen LogP contribution in [0.1, 0.15) is 34.3 Å². The first kappa shape index (κ1) is 28.5. The highest BCUT2D eigenvalue weighted by Gasteiger charge is 2.69. The average Bonchev–Trinajstić information content (AvgIpc) is 3.33. The van der Waals surface area contributed by atoms with E-state index in [9.17, 15) is 34.2 Å². The molecule has 1 amide bonds. The fourth-order valence-electron chi connectivity index (χ4n) is 7.44. The maximum atomic E-state index is 15.9. The molecular formula is C28H35FN4O7. The lowest BCUT2D eigenvalue weighted by molar-refractivity contribution is -0.181. The van der Waals surface area contributed by atoms with Gasteiger partial charge in [-0.05, 0) is 59.4 Å². The Morgan fingerprint density at radius 1 is 1.15 bits per heavy atom. The van der Waals surface area contributed by atoms with Crippen LogP contribution in [0.5, 0.6) is 5.75 Å². The molecule has 1 heterocycles. The first-order chi connectivity index (χ1) is 18.7. The number of ketones is 4. The van der Waals surface area contributed by atoms with Crippen molar-refractivity contribution in [3.63, 3.8) is 0 Å². The standard InChI is InChI=1S/C28H35FN4O7/c1-31(2)14-5-6-33(11-14)10-13-9-17(34)19-15(21(13)29)7-12-8-16-22(32(3)4)24(36)20(27(30)39)26(38)28(16,40)25(37)18(12)23(19)35/h9,12,14,16,18,20,22,34,40H,5-8,10-11H2,1-4H3,(H2,30,39)/t12-,14+,16-,18?,20?,22-,28-/m0/s1. The number of aliphatic hydroxyl groups is 1. The number of rotatable bonds is 5. The number of carbonyl (C=O) groups is 5. The van der Waals surface area contributed by atoms with Crippen LogP contribution < -0.4 is 5.73 Å². The van der Waals surface area contributed by atoms with Crippen molar-refractivity contribution >= 4 is 29.0 Å². The van der Waals surface area contributed by atoms with Crippen LogP contribution in [0.4, 0.5) is 4.39 Å². The minimum atomic E-state index is -2.80. The van der Waals surface area contributed by atoms with Gasteiger partial charge in [-0.3, -0.25) is 33.8 Å². The number of phenols is 1. The Bertz CT molecular complexity index is 1330. The number of nitrogens with zero attached hydrogens (tertiary/aromatic N) is 3. The number of nitrogens with two attached hydrogens (primary N) is 1. The van der Waals surface area contributed by atoms with Gasteiger partial charge < -0.3 is 20.8 Å². The first-order valence-corrected chi connectivity index (χ1v) is 13.5. The van der Waals surface area contributed by atoms with E-state index in [1.165, 1.54) is 25.1 Å². The summed E-state index contributed by atoms with van der Waals surface area (Å²) in [6.45, 7) is 1.71. The highest BCUT2D eigenvalue weighted by Crippen LogP contribution is 2.51. The molecule has 4 N–H and O–H groups in total. The molecule has 216 valence electrons. The lowest BCUT2D eigenvalue weighted by atomic mass is 9.52. The predicted octanol–water partition coefficient (Wildman–Crippen LogP) is -0.858. The fraction of sp³-hybridized carbons (Fsp3) is 0.607. The van der Waals surface area contributed by atoms with Crippen molar-refractivity contribution in [2.24, 2.45) is 29.4 Å². The number of Topliss-reactive ketones (excluding diaryl/α,β-unsaturated/α-hetero) is 4. The zero-order chi connectivity index (χ0) is 29.4. The molecule has 7 atom stereocenters. The number of hydrogen-bond acceptors (Lipinski definition) is 10. The maximum absolute atomic E-state index is 15.9. The zero-order valence-corrected chi connectivity index (χ0v) is 23.0. The van der Waals surface area contributed by atoms with E-state index in [4.69, 9.17) is 5.73 Å². The van der Waals surface area contributed by atoms with Gasteiger partial charge in [0.1, 0.15) is 11.6 Å². The normalized spacial score (nSPS) is 34.3. The molecule has 0 bridgehead atoms. The number of phenolic OH excluding ortho intramolecular Hbond substituents is 1. The van der Waals surface area contributed by atoms with E-state index in [-0.39, 0.29) is 36.1 Å². The number of hydrogen-bond donors (Lipinski definition) is 3. The summed E-state index contributed by atoms with van der Waals surface area (Å²) < 4.78 is 15.9. The fourth-order valence-corrected chi connectivity index (χ4v) is 7.44. The number of amides is 1. The molecule has 0 spiro atoms. The van der Waals surface area contributed by atoms with Gasteiger partial charge in [0.05, 0.1) is 17.5 Å². The van der Waals surface area contributed by atoms with Crippen LogP contribution in [0.3, 0.4) is 0 Å². The van der Waals surface area contributed by atoms with Crippen LogP contribution in [-0.2, 0) is 32.1 Å². The summed E-state index contributed by atoms with van der Waals surface area (Å²) in [5.41, 5.74) is 2.41. The summed E-state index contributed by atoms with van der Waals surface area (Å²) in [5, 5.41) is 22.5. The van der Waals surface area contributed by atoms with Crippen molar-refractivity contribution in [1.29, 1.82) is 0 Å². The highest BCUT2D eigenvalue weighted by molar-refractivity contribution is 6.32. The molecule has 5 rings (SSSR count). The number of fused-ring (bicyclic) bond motifs is 3. The summed E-state index contributed by atoms with van der Waals surface area (Å²) in [7, 11) is 6.99. The molecular weight excluding hydrogens is 523 g/mol. The van der Waals surface area contributed by atoms with E-state index in [0.717, 1.165) is 19.5 Å². The van der Waals surface area contributed by atoms with Gasteiger partial charge in [-0.1, -0.05) is 0 Å². The second-order valence-corrected chi connectivity index (χ2v) is 12.2. The predicted molar refractivity (Wildman–Crippen MR) is 139 cm³/mol. The third kappa shape index (κ3) is 4.03. The highest BCUT2D eigenvalue weighted by atomic mass is 19.1. The Labute approximate surface area is 231 Å². The van der Waals surface area contributed by atoms with Gasteiger partial charge in [0.25, 0.3) is 0 Å². The van der Waals surface area contributed by atoms with Crippen molar-refractivity contribution in [3.05, 3.63) is 28.6 Å². The Balaban J connectivity index is 1.53. The largest absolute Gasteiger partial charge is 0.507 e. The van der Waals surface area contributed by atoms with E-state index in [1.54, 1.807) is 0 Å². The topological polar surface area (TPSA) is 162 Å². The molecule has 1 aromatic carbocycles. The van der Waals surface area contributed by atoms with E-state index in [2.05, 4.69) is 9.80 Å². The van der Waals surface area contributed by atoms with Gasteiger partial charge in [-0.2, -0.15) is 0 Å². The number of carbonyl (C=O) groups excluding carboxylic acids is 5. The molecule has 3 aliphatic carbocycles. The Morgan fingerprint density at radius 2 is 1.82 bits per heavy atom. The lowest BCUT2D eigenvalue weighted by Crippen LogP contribution is -2.74. The monoisotopic (exact) mass is 558 g/mol. The number of likely N-dealkylation sites (tertiary alicyclic amines) is 1. The molecule has 40 heavy (non-hydrogen) atoms. The van der Waals surface area contributed by atoms with Gasteiger partial charge in [-0.25, -0.2) is 4.39 Å². The Hall–Kier alpha value is -3.06. The van der Waals surface area contributed by atoms with E-state index < -0.39 is 75.9 Å². The summed E-state index contributed by atoms with van der Waals surface area (Å²) >= 11 is 0. The van der Waals surface area contributed by atoms with Gasteiger partial charge in [0, 0.05) is 42.7 Å². The van der Waals surface area contributed by atoms with Crippen molar-refractivity contribution in [2.75, 3.05) is 41.3 Å². The number of halogens is 1. The van der Waals surface area contributed by atoms with Crippen molar-refractivity contribution in [2.45, 2.75) is 43.5 Å². The smallest absolute Gasteiger partial charge is 0.235 e. The van der Waals surface area contributed by atoms with Crippen LogP contribution >= 0.6 is 0 Å². The quantitative estimate of drug-likeness (QED) is 0.388. The molecule has 0 aromatic heterocycles. The van der Waals surface area contributed by atoms with Gasteiger partial charge in [0.15, 0.2) is 34.7 Å². The van der Waals surface area contributed by atoms with Crippen LogP contribution in [0.15, 0.2) is 6.07 Å². The molecule has 1 aliphatic heterocycles. The SMILES string of the molecule is CN(C)[C@@H]1CCN(Cc2cc(O)c3c(c2F)C[C@H]2C[C@H]4[C@H](N(C)C)C(=O)C(C(N)=O)C(=O)[C@@]4(O)C(=O)C2C3=O)C1. The van der Waals surface area contributed by atoms with Crippen LogP contribution in [0.2, 0.25) is 0 Å². The second-order valence-electron chi connectivity index (χ2n) is 12.2. The minimum absolute atomic E-state index is 0.00674. The molecule has 1 aromatic rings. The van der Waals surface area contributed by atoms with E-state index in [1.807, 2.05) is 14.1 Å². The lowest BCUT2D eigenvalue weighted by Gasteiger charge is -2.52. The molecule has 4 aliphatic rings. The van der Waals surface area contributed by atoms with Gasteiger partial charge in [0.2, 0.25) is 5.91 Å². The number of aromatic hydroxyl groups is 1. The van der Waals surface area contributed by atoms with E-state index >= 15 is 4.39 Å². The second kappa shape index (κ2) is 9.79. The van der Waals surface area contributed by atoms with Crippen LogP contribution in [0, 0.1) is 29.5 Å². The molecule has 3 fully saturated rings. The third-order valence-electron chi connectivity index (χ3n) is 9.44. The molecule has 1 saturated heterocycles. The zero-order valence-electron chi connectivity index (χ0n) is 23.0. The van der Waals surface area contributed by atoms with Crippen LogP contribution in [0.25, 0.3) is 0 Å². The molecule has 2 unspecified atom stereocenters. The minimum Gasteiger partial charge on any atom is -0.507 e. The number of benzene rings is 1. The van der Waals surface area contributed by atoms with Crippen molar-refractivity contribution in [1.82, 2.24) is 14.7 Å². The summed E-state index contributed by atoms with van der Waals surface area (Å²) in [6.07, 6.45) is 0.700. The van der Waals surface area contributed by atoms with Crippen molar-refractivity contribution in [3.8, 4) is 5.75 Å². The Kier molecular flexibility index (Phi) is 6.97. The van der Waals surface area contributed by atoms with Gasteiger partial charge in [-0.15, -0.1) is 0 Å². The number of primary amides is 1. The summed E-state index contributed by atoms with van der Waals surface area (Å²) in [4.78, 5) is 71.6. The van der Waals surface area contributed by atoms with Crippen molar-refractivity contribution < 1.29 is 38.6 Å². The summed E-state index contributed by atoms with van der Waals surface area (Å²) in [5.74, 6) is -12.2. The summed E-state index contributed by atoms with van der Waals surface area (Å²) in [6, 6.07) is 0.324. The van der Waals surface area contributed by atoms with Crippen LogP contribution in [-0.4, -0.2) is 113 Å².